The largest absolute Gasteiger partial charge is 0.489 e. The zero-order valence-corrected chi connectivity index (χ0v) is 22.3. The van der Waals surface area contributed by atoms with Crippen molar-refractivity contribution >= 4 is 34.5 Å². The highest BCUT2D eigenvalue weighted by Gasteiger charge is 2.24. The molecule has 2 aromatic carbocycles. The third-order valence-corrected chi connectivity index (χ3v) is 6.71. The summed E-state index contributed by atoms with van der Waals surface area (Å²) < 4.78 is 11.9. The summed E-state index contributed by atoms with van der Waals surface area (Å²) in [6.07, 6.45) is 8.10. The summed E-state index contributed by atoms with van der Waals surface area (Å²) >= 11 is 12.9. The van der Waals surface area contributed by atoms with Crippen LogP contribution in [0.5, 0.6) is 5.75 Å². The lowest BCUT2D eigenvalue weighted by Crippen LogP contribution is -2.04. The predicted octanol–water partition coefficient (Wildman–Crippen LogP) is 8.88. The van der Waals surface area contributed by atoms with E-state index in [1.165, 1.54) is 0 Å². The number of hydrogen-bond donors (Lipinski definition) is 0. The van der Waals surface area contributed by atoms with Gasteiger partial charge in [-0.3, -0.25) is 4.99 Å². The second-order valence-corrected chi connectivity index (χ2v) is 9.60. The fourth-order valence-corrected chi connectivity index (χ4v) is 4.65. The Bertz CT molecular complexity index is 1390. The number of rotatable bonds is 7. The van der Waals surface area contributed by atoms with Crippen LogP contribution in [-0.2, 0) is 6.61 Å². The fraction of sp³-hybridized carbons (Fsp3) is 0.200. The maximum Gasteiger partial charge on any atom is 0.146 e. The summed E-state index contributed by atoms with van der Waals surface area (Å²) in [7, 11) is 1.80. The van der Waals surface area contributed by atoms with E-state index in [1.807, 2.05) is 57.2 Å². The third kappa shape index (κ3) is 5.25. The summed E-state index contributed by atoms with van der Waals surface area (Å²) in [5.74, 6) is 1.61. The fourth-order valence-electron chi connectivity index (χ4n) is 4.07. The second-order valence-electron chi connectivity index (χ2n) is 8.78. The molecule has 0 fully saturated rings. The SMILES string of the molecule is C=C/C(C)=C1/C=C(c2ccc(OCc3c(-c4c(Cl)cccc4Cl)noc3C(C)C)cc2)C=C/C1=N/C. The zero-order chi connectivity index (χ0) is 25.8. The van der Waals surface area contributed by atoms with Crippen LogP contribution >= 0.6 is 23.2 Å². The van der Waals surface area contributed by atoms with Crippen LogP contribution in [0.3, 0.4) is 0 Å². The van der Waals surface area contributed by atoms with E-state index in [1.54, 1.807) is 25.2 Å². The van der Waals surface area contributed by atoms with Crippen LogP contribution in [0.1, 0.15) is 43.6 Å². The summed E-state index contributed by atoms with van der Waals surface area (Å²) in [6.45, 7) is 10.3. The van der Waals surface area contributed by atoms with Gasteiger partial charge in [0.05, 0.1) is 21.3 Å². The van der Waals surface area contributed by atoms with E-state index in [0.29, 0.717) is 21.3 Å². The Hall–Kier alpha value is -3.34. The molecule has 0 spiro atoms. The minimum absolute atomic E-state index is 0.122. The molecule has 0 saturated heterocycles. The molecular weight excluding hydrogens is 491 g/mol. The van der Waals surface area contributed by atoms with Gasteiger partial charge in [-0.25, -0.2) is 0 Å². The Balaban J connectivity index is 1.59. The molecule has 36 heavy (non-hydrogen) atoms. The van der Waals surface area contributed by atoms with Crippen LogP contribution in [0.15, 0.2) is 94.0 Å². The van der Waals surface area contributed by atoms with Crippen molar-refractivity contribution in [1.82, 2.24) is 5.16 Å². The Morgan fingerprint density at radius 1 is 1.11 bits per heavy atom. The van der Waals surface area contributed by atoms with Gasteiger partial charge in [0.25, 0.3) is 0 Å². The number of allylic oxidation sites excluding steroid dienone is 7. The predicted molar refractivity (Wildman–Crippen MR) is 150 cm³/mol. The van der Waals surface area contributed by atoms with E-state index >= 15 is 0 Å². The molecule has 1 heterocycles. The average Bonchev–Trinajstić information content (AvgIpc) is 3.30. The summed E-state index contributed by atoms with van der Waals surface area (Å²) in [4.78, 5) is 4.38. The van der Waals surface area contributed by atoms with E-state index in [4.69, 9.17) is 32.5 Å². The number of aromatic nitrogens is 1. The van der Waals surface area contributed by atoms with Crippen LogP contribution in [0, 0.1) is 0 Å². The van der Waals surface area contributed by atoms with Crippen LogP contribution in [0.25, 0.3) is 16.8 Å². The lowest BCUT2D eigenvalue weighted by Gasteiger charge is -2.15. The highest BCUT2D eigenvalue weighted by atomic mass is 35.5. The molecule has 3 aromatic rings. The first kappa shape index (κ1) is 25.7. The lowest BCUT2D eigenvalue weighted by atomic mass is 9.92. The van der Waals surface area contributed by atoms with Crippen molar-refractivity contribution in [2.75, 3.05) is 7.05 Å². The van der Waals surface area contributed by atoms with Crippen LogP contribution < -0.4 is 4.74 Å². The summed E-state index contributed by atoms with van der Waals surface area (Å²) in [5, 5.41) is 5.33. The van der Waals surface area contributed by atoms with Gasteiger partial charge in [-0.1, -0.05) is 79.1 Å². The molecule has 6 heteroatoms. The molecule has 0 aliphatic heterocycles. The molecule has 0 N–H and O–H groups in total. The van der Waals surface area contributed by atoms with Crippen LogP contribution in [0.4, 0.5) is 0 Å². The molecule has 0 radical (unpaired) electrons. The monoisotopic (exact) mass is 518 g/mol. The summed E-state index contributed by atoms with van der Waals surface area (Å²) in [6, 6.07) is 13.4. The van der Waals surface area contributed by atoms with E-state index in [9.17, 15) is 0 Å². The molecule has 4 rings (SSSR count). The van der Waals surface area contributed by atoms with Crippen molar-refractivity contribution in [2.45, 2.75) is 33.3 Å². The van der Waals surface area contributed by atoms with Gasteiger partial charge < -0.3 is 9.26 Å². The number of halogens is 2. The minimum Gasteiger partial charge on any atom is -0.489 e. The number of aliphatic imine (C=N–C) groups is 1. The van der Waals surface area contributed by atoms with Crippen molar-refractivity contribution in [3.8, 4) is 17.0 Å². The summed E-state index contributed by atoms with van der Waals surface area (Å²) in [5.41, 5.74) is 7.37. The molecule has 0 unspecified atom stereocenters. The molecular formula is C30H28Cl2N2O2. The van der Waals surface area contributed by atoms with Gasteiger partial charge >= 0.3 is 0 Å². The number of nitrogens with zero attached hydrogens (tertiary/aromatic N) is 2. The molecule has 0 amide bonds. The van der Waals surface area contributed by atoms with Gasteiger partial charge in [-0.15, -0.1) is 0 Å². The maximum absolute atomic E-state index is 6.46. The van der Waals surface area contributed by atoms with Crippen LogP contribution in [0.2, 0.25) is 10.0 Å². The van der Waals surface area contributed by atoms with E-state index < -0.39 is 0 Å². The number of ether oxygens (including phenoxy) is 1. The van der Waals surface area contributed by atoms with Crippen molar-refractivity contribution in [3.05, 3.63) is 111 Å². The van der Waals surface area contributed by atoms with Gasteiger partial charge in [0.15, 0.2) is 0 Å². The maximum atomic E-state index is 6.46. The number of hydrogen-bond acceptors (Lipinski definition) is 4. The molecule has 4 nitrogen and oxygen atoms in total. The lowest BCUT2D eigenvalue weighted by molar-refractivity contribution is 0.298. The normalized spacial score (nSPS) is 15.9. The average molecular weight is 519 g/mol. The molecule has 1 aliphatic carbocycles. The molecule has 0 bridgehead atoms. The van der Waals surface area contributed by atoms with Gasteiger partial charge in [-0.2, -0.15) is 0 Å². The van der Waals surface area contributed by atoms with Crippen molar-refractivity contribution < 1.29 is 9.26 Å². The Morgan fingerprint density at radius 3 is 2.42 bits per heavy atom. The molecule has 1 aromatic heterocycles. The van der Waals surface area contributed by atoms with Crippen molar-refractivity contribution in [3.63, 3.8) is 0 Å². The topological polar surface area (TPSA) is 47.6 Å². The van der Waals surface area contributed by atoms with E-state index in [0.717, 1.165) is 45.1 Å². The van der Waals surface area contributed by atoms with Gasteiger partial charge in [0.1, 0.15) is 23.8 Å². The zero-order valence-electron chi connectivity index (χ0n) is 20.8. The Kier molecular flexibility index (Phi) is 7.97. The van der Waals surface area contributed by atoms with Gasteiger partial charge in [0.2, 0.25) is 0 Å². The highest BCUT2D eigenvalue weighted by molar-refractivity contribution is 6.39. The Morgan fingerprint density at radius 2 is 1.81 bits per heavy atom. The van der Waals surface area contributed by atoms with Gasteiger partial charge in [-0.05, 0) is 60.1 Å². The number of benzene rings is 2. The first-order chi connectivity index (χ1) is 17.3. The molecule has 184 valence electrons. The second kappa shape index (κ2) is 11.2. The molecule has 0 saturated carbocycles. The van der Waals surface area contributed by atoms with Crippen LogP contribution in [-0.4, -0.2) is 17.9 Å². The molecule has 1 aliphatic rings. The minimum atomic E-state index is 0.122. The van der Waals surface area contributed by atoms with Gasteiger partial charge in [0, 0.05) is 24.1 Å². The van der Waals surface area contributed by atoms with E-state index in [2.05, 4.69) is 28.9 Å². The molecule has 0 atom stereocenters. The highest BCUT2D eigenvalue weighted by Crippen LogP contribution is 2.39. The first-order valence-electron chi connectivity index (χ1n) is 11.7. The first-order valence-corrected chi connectivity index (χ1v) is 12.5. The quantitative estimate of drug-likeness (QED) is 0.313. The standard InChI is InChI=1S/C30H28Cl2N2O2/c1-6-19(4)23-16-21(12-15-27(23)33-5)20-10-13-22(14-11-20)35-17-24-29(34-36-30(24)18(2)3)28-25(31)8-7-9-26(28)32/h6-16,18H,1,17H2,2-5H3/b23-19-,33-27-. The van der Waals surface area contributed by atoms with E-state index in [-0.39, 0.29) is 12.5 Å². The Labute approximate surface area is 222 Å². The third-order valence-electron chi connectivity index (χ3n) is 6.08. The smallest absolute Gasteiger partial charge is 0.146 e. The van der Waals surface area contributed by atoms with Crippen molar-refractivity contribution in [1.29, 1.82) is 0 Å². The van der Waals surface area contributed by atoms with Crippen molar-refractivity contribution in [2.24, 2.45) is 4.99 Å².